The van der Waals surface area contributed by atoms with Crippen molar-refractivity contribution in [2.75, 3.05) is 26.2 Å². The second-order valence-corrected chi connectivity index (χ2v) is 8.19. The number of benzene rings is 2. The number of rotatable bonds is 9. The molecular weight excluding hydrogens is 428 g/mol. The second kappa shape index (κ2) is 11.7. The Hall–Kier alpha value is -3.28. The monoisotopic (exact) mass is 464 g/mol. The average molecular weight is 465 g/mol. The van der Waals surface area contributed by atoms with Crippen LogP contribution in [0.25, 0.3) is 5.57 Å². The Morgan fingerprint density at radius 2 is 1.65 bits per heavy atom. The van der Waals surface area contributed by atoms with Crippen LogP contribution in [-0.4, -0.2) is 54.1 Å². The van der Waals surface area contributed by atoms with Crippen LogP contribution >= 0.6 is 0 Å². The molecule has 1 aliphatic heterocycles. The SMILES string of the molecule is CCOC(=O)N(CC)C(CC)C/C=C1/c2ccccc2Oc2cc(C(=O)N(CC)CC)ccc21. The first-order chi connectivity index (χ1) is 16.5. The third-order valence-electron chi connectivity index (χ3n) is 6.32. The minimum atomic E-state index is -0.275. The third kappa shape index (κ3) is 5.27. The van der Waals surface area contributed by atoms with Gasteiger partial charge in [-0.15, -0.1) is 0 Å². The van der Waals surface area contributed by atoms with Gasteiger partial charge in [0, 0.05) is 42.4 Å². The lowest BCUT2D eigenvalue weighted by Crippen LogP contribution is -2.40. The molecular formula is C28H36N2O4. The molecule has 2 amide bonds. The summed E-state index contributed by atoms with van der Waals surface area (Å²) in [6.07, 6.45) is 3.41. The zero-order valence-corrected chi connectivity index (χ0v) is 21.0. The van der Waals surface area contributed by atoms with Crippen LogP contribution in [0.3, 0.4) is 0 Å². The summed E-state index contributed by atoms with van der Waals surface area (Å²) in [5, 5.41) is 0. The first kappa shape index (κ1) is 25.3. The fraction of sp³-hybridized carbons (Fsp3) is 0.429. The quantitative estimate of drug-likeness (QED) is 0.370. The van der Waals surface area contributed by atoms with Crippen LogP contribution in [-0.2, 0) is 4.74 Å². The van der Waals surface area contributed by atoms with E-state index in [9.17, 15) is 9.59 Å². The van der Waals surface area contributed by atoms with Crippen molar-refractivity contribution >= 4 is 17.6 Å². The summed E-state index contributed by atoms with van der Waals surface area (Å²) in [6, 6.07) is 13.6. The maximum atomic E-state index is 12.9. The normalized spacial score (nSPS) is 14.0. The molecule has 0 spiro atoms. The van der Waals surface area contributed by atoms with E-state index in [4.69, 9.17) is 9.47 Å². The molecule has 182 valence electrons. The maximum Gasteiger partial charge on any atom is 0.409 e. The van der Waals surface area contributed by atoms with Gasteiger partial charge in [-0.1, -0.05) is 31.2 Å². The Bertz CT molecular complexity index is 1040. The first-order valence-electron chi connectivity index (χ1n) is 12.3. The van der Waals surface area contributed by atoms with E-state index >= 15 is 0 Å². The molecule has 0 fully saturated rings. The fourth-order valence-electron chi connectivity index (χ4n) is 4.43. The highest BCUT2D eigenvalue weighted by atomic mass is 16.6. The standard InChI is InChI=1S/C28H36N2O4/c1-6-21(30(9-4)28(32)33-10-5)16-18-22-23-13-11-12-14-25(23)34-26-19-20(15-17-24(22)26)27(31)29(7-2)8-3/h11-15,17-19,21H,6-10,16H2,1-5H3/b22-18-. The lowest BCUT2D eigenvalue weighted by molar-refractivity contribution is 0.0772. The highest BCUT2D eigenvalue weighted by Crippen LogP contribution is 2.44. The van der Waals surface area contributed by atoms with Crippen molar-refractivity contribution in [1.29, 1.82) is 0 Å². The summed E-state index contributed by atoms with van der Waals surface area (Å²) >= 11 is 0. The topological polar surface area (TPSA) is 59.1 Å². The number of fused-ring (bicyclic) bond motifs is 2. The number of carbonyl (C=O) groups is 2. The minimum Gasteiger partial charge on any atom is -0.456 e. The van der Waals surface area contributed by atoms with Gasteiger partial charge in [-0.2, -0.15) is 0 Å². The average Bonchev–Trinajstić information content (AvgIpc) is 2.86. The second-order valence-electron chi connectivity index (χ2n) is 8.19. The molecule has 1 atom stereocenters. The summed E-state index contributed by atoms with van der Waals surface area (Å²) in [6.45, 7) is 12.1. The van der Waals surface area contributed by atoms with E-state index in [1.807, 2.05) is 70.2 Å². The van der Waals surface area contributed by atoms with E-state index in [2.05, 4.69) is 13.0 Å². The predicted octanol–water partition coefficient (Wildman–Crippen LogP) is 6.35. The zero-order valence-electron chi connectivity index (χ0n) is 21.0. The number of nitrogens with zero attached hydrogens (tertiary/aromatic N) is 2. The van der Waals surface area contributed by atoms with E-state index in [-0.39, 0.29) is 18.0 Å². The summed E-state index contributed by atoms with van der Waals surface area (Å²) in [7, 11) is 0. The molecule has 0 saturated heterocycles. The van der Waals surface area contributed by atoms with Gasteiger partial charge in [-0.3, -0.25) is 4.79 Å². The van der Waals surface area contributed by atoms with Gasteiger partial charge in [0.2, 0.25) is 0 Å². The van der Waals surface area contributed by atoms with Crippen molar-refractivity contribution in [3.63, 3.8) is 0 Å². The van der Waals surface area contributed by atoms with Crippen LogP contribution < -0.4 is 4.74 Å². The Morgan fingerprint density at radius 3 is 2.29 bits per heavy atom. The maximum absolute atomic E-state index is 12.9. The van der Waals surface area contributed by atoms with E-state index < -0.39 is 0 Å². The number of hydrogen-bond acceptors (Lipinski definition) is 4. The Labute approximate surface area is 203 Å². The lowest BCUT2D eigenvalue weighted by atomic mass is 9.91. The van der Waals surface area contributed by atoms with Crippen molar-refractivity contribution in [2.45, 2.75) is 53.5 Å². The van der Waals surface area contributed by atoms with E-state index in [1.165, 1.54) is 0 Å². The molecule has 0 aromatic heterocycles. The van der Waals surface area contributed by atoms with Gasteiger partial charge in [-0.05, 0) is 70.4 Å². The van der Waals surface area contributed by atoms with Gasteiger partial charge < -0.3 is 19.3 Å². The van der Waals surface area contributed by atoms with Crippen molar-refractivity contribution in [3.05, 3.63) is 65.2 Å². The van der Waals surface area contributed by atoms with Crippen LogP contribution in [0.15, 0.2) is 48.5 Å². The van der Waals surface area contributed by atoms with Gasteiger partial charge in [0.05, 0.1) is 6.61 Å². The third-order valence-corrected chi connectivity index (χ3v) is 6.32. The smallest absolute Gasteiger partial charge is 0.409 e. The molecule has 0 bridgehead atoms. The van der Waals surface area contributed by atoms with Gasteiger partial charge >= 0.3 is 6.09 Å². The van der Waals surface area contributed by atoms with Crippen LogP contribution in [0.4, 0.5) is 4.79 Å². The lowest BCUT2D eigenvalue weighted by Gasteiger charge is -2.29. The van der Waals surface area contributed by atoms with E-state index in [0.29, 0.717) is 44.0 Å². The van der Waals surface area contributed by atoms with Crippen molar-refractivity contribution in [3.8, 4) is 11.5 Å². The van der Waals surface area contributed by atoms with Crippen LogP contribution in [0, 0.1) is 0 Å². The summed E-state index contributed by atoms with van der Waals surface area (Å²) < 4.78 is 11.5. The zero-order chi connectivity index (χ0) is 24.7. The Balaban J connectivity index is 1.98. The molecule has 1 unspecified atom stereocenters. The molecule has 2 aromatic rings. The van der Waals surface area contributed by atoms with Crippen molar-refractivity contribution in [1.82, 2.24) is 9.80 Å². The van der Waals surface area contributed by atoms with Gasteiger partial charge in [-0.25, -0.2) is 4.79 Å². The number of hydrogen-bond donors (Lipinski definition) is 0. The molecule has 0 N–H and O–H groups in total. The van der Waals surface area contributed by atoms with E-state index in [0.717, 1.165) is 28.9 Å². The van der Waals surface area contributed by atoms with Gasteiger partial charge in [0.25, 0.3) is 5.91 Å². The molecule has 0 aliphatic carbocycles. The minimum absolute atomic E-state index is 0.000130. The summed E-state index contributed by atoms with van der Waals surface area (Å²) in [4.78, 5) is 29.0. The van der Waals surface area contributed by atoms with Gasteiger partial charge in [0.1, 0.15) is 11.5 Å². The number of para-hydroxylation sites is 1. The van der Waals surface area contributed by atoms with Crippen molar-refractivity contribution < 1.29 is 19.1 Å². The molecule has 1 aliphatic rings. The molecule has 3 rings (SSSR count). The number of amides is 2. The van der Waals surface area contributed by atoms with Crippen LogP contribution in [0.5, 0.6) is 11.5 Å². The largest absolute Gasteiger partial charge is 0.456 e. The summed E-state index contributed by atoms with van der Waals surface area (Å²) in [5.41, 5.74) is 3.62. The van der Waals surface area contributed by atoms with Crippen molar-refractivity contribution in [2.24, 2.45) is 0 Å². The highest BCUT2D eigenvalue weighted by molar-refractivity contribution is 5.96. The number of carbonyl (C=O) groups excluding carboxylic acids is 2. The highest BCUT2D eigenvalue weighted by Gasteiger charge is 2.26. The van der Waals surface area contributed by atoms with Gasteiger partial charge in [0.15, 0.2) is 0 Å². The fourth-order valence-corrected chi connectivity index (χ4v) is 4.43. The van der Waals surface area contributed by atoms with Crippen LogP contribution in [0.2, 0.25) is 0 Å². The van der Waals surface area contributed by atoms with E-state index in [1.54, 1.807) is 9.80 Å². The predicted molar refractivity (Wildman–Crippen MR) is 135 cm³/mol. The molecule has 1 heterocycles. The molecule has 6 heteroatoms. The van der Waals surface area contributed by atoms with Crippen LogP contribution in [0.1, 0.15) is 68.9 Å². The molecule has 0 radical (unpaired) electrons. The summed E-state index contributed by atoms with van der Waals surface area (Å²) in [5.74, 6) is 1.44. The molecule has 34 heavy (non-hydrogen) atoms. The Morgan fingerprint density at radius 1 is 0.941 bits per heavy atom. The number of ether oxygens (including phenoxy) is 2. The Kier molecular flexibility index (Phi) is 8.74. The molecule has 2 aromatic carbocycles. The molecule has 0 saturated carbocycles. The first-order valence-corrected chi connectivity index (χ1v) is 12.3. The molecule has 6 nitrogen and oxygen atoms in total.